The lowest BCUT2D eigenvalue weighted by atomic mass is 9.96. The largest absolute Gasteiger partial charge is 0.502 e. The van der Waals surface area contributed by atoms with E-state index in [0.717, 1.165) is 5.56 Å². The van der Waals surface area contributed by atoms with Crippen LogP contribution in [-0.4, -0.2) is 39.9 Å². The van der Waals surface area contributed by atoms with Gasteiger partial charge in [0.05, 0.1) is 0 Å². The summed E-state index contributed by atoms with van der Waals surface area (Å²) in [5.74, 6) is -1.40. The zero-order valence-electron chi connectivity index (χ0n) is 19.3. The summed E-state index contributed by atoms with van der Waals surface area (Å²) in [6.07, 6.45) is 6.44. The van der Waals surface area contributed by atoms with E-state index in [2.05, 4.69) is 0 Å². The molecule has 0 radical (unpaired) electrons. The van der Waals surface area contributed by atoms with Crippen LogP contribution in [0, 0.1) is 5.82 Å². The predicted octanol–water partition coefficient (Wildman–Crippen LogP) is 5.22. The minimum absolute atomic E-state index is 0. The summed E-state index contributed by atoms with van der Waals surface area (Å²) in [7, 11) is 0. The number of hydrogen-bond acceptors (Lipinski definition) is 5. The van der Waals surface area contributed by atoms with Crippen molar-refractivity contribution in [3.8, 4) is 11.5 Å². The average molecular weight is 508 g/mol. The third-order valence-electron chi connectivity index (χ3n) is 6.61. The molecule has 8 heteroatoms. The number of pyridine rings is 1. The van der Waals surface area contributed by atoms with Gasteiger partial charge in [0.25, 0.3) is 5.91 Å². The van der Waals surface area contributed by atoms with Gasteiger partial charge in [0.15, 0.2) is 23.0 Å². The lowest BCUT2D eigenvalue weighted by Crippen LogP contribution is -2.58. The Morgan fingerprint density at radius 3 is 2.51 bits per heavy atom. The summed E-state index contributed by atoms with van der Waals surface area (Å²) in [4.78, 5) is 27.6. The number of amides is 1. The van der Waals surface area contributed by atoms with Crippen molar-refractivity contribution in [2.75, 3.05) is 18.3 Å². The fourth-order valence-electron chi connectivity index (χ4n) is 4.85. The SMILES string of the molecule is C.C.CC[C@@H]1C/C=C/COc2c(F)cccc2[C@H](c2ccccc2)N2CN1C(=O)c1c(O)c(=O)ccn12. The topological polar surface area (TPSA) is 75.0 Å². The third kappa shape index (κ3) is 4.83. The van der Waals surface area contributed by atoms with E-state index in [9.17, 15) is 14.7 Å². The molecule has 0 unspecified atom stereocenters. The normalized spacial score (nSPS) is 19.6. The summed E-state index contributed by atoms with van der Waals surface area (Å²) in [6.45, 7) is 2.34. The summed E-state index contributed by atoms with van der Waals surface area (Å²) in [6, 6.07) is 14.8. The first kappa shape index (κ1) is 27.5. The number of aromatic hydroxyl groups is 1. The van der Waals surface area contributed by atoms with Crippen LogP contribution in [0.25, 0.3) is 0 Å². The van der Waals surface area contributed by atoms with E-state index in [-0.39, 0.29) is 45.6 Å². The number of ether oxygens (including phenoxy) is 1. The third-order valence-corrected chi connectivity index (χ3v) is 6.61. The molecule has 1 N–H and O–H groups in total. The maximum atomic E-state index is 15.1. The molecule has 3 heterocycles. The number of hydrogen-bond donors (Lipinski definition) is 1. The van der Waals surface area contributed by atoms with Gasteiger partial charge in [-0.15, -0.1) is 0 Å². The molecule has 37 heavy (non-hydrogen) atoms. The van der Waals surface area contributed by atoms with Gasteiger partial charge in [-0.2, -0.15) is 0 Å². The van der Waals surface area contributed by atoms with Crippen molar-refractivity contribution in [2.45, 2.75) is 46.7 Å². The molecule has 5 rings (SSSR count). The van der Waals surface area contributed by atoms with Crippen molar-refractivity contribution in [3.05, 3.63) is 106 Å². The van der Waals surface area contributed by atoms with Gasteiger partial charge in [-0.05, 0) is 24.5 Å². The molecule has 0 saturated carbocycles. The standard InChI is InChI=1S/C27H26FN3O4.2CH4/c1-2-19-11-6-7-16-35-26-20(12-8-13-21(26)28)23(18-9-4-3-5-10-18)31-17-29(19)27(34)24-25(33)22(32)14-15-30(24)31;;/h3-10,12-15,19,23,33H,2,11,16-17H2,1H3;2*1H4/b7-6+;;/t19-,23+;;/m1../s1. The fraction of sp³-hybridized carbons (Fsp3) is 0.310. The Labute approximate surface area is 217 Å². The minimum atomic E-state index is -0.633. The van der Waals surface area contributed by atoms with Gasteiger partial charge in [0.1, 0.15) is 19.3 Å². The van der Waals surface area contributed by atoms with Crippen LogP contribution in [0.3, 0.4) is 0 Å². The summed E-state index contributed by atoms with van der Waals surface area (Å²) in [5, 5.41) is 12.6. The summed E-state index contributed by atoms with van der Waals surface area (Å²) >= 11 is 0. The first-order valence-corrected chi connectivity index (χ1v) is 11.6. The molecule has 0 aliphatic carbocycles. The number of carbonyl (C=O) groups is 1. The van der Waals surface area contributed by atoms with Crippen LogP contribution in [0.4, 0.5) is 4.39 Å². The molecule has 7 nitrogen and oxygen atoms in total. The van der Waals surface area contributed by atoms with Crippen molar-refractivity contribution in [2.24, 2.45) is 0 Å². The quantitative estimate of drug-likeness (QED) is 0.481. The van der Waals surface area contributed by atoms with E-state index in [0.29, 0.717) is 18.4 Å². The van der Waals surface area contributed by atoms with E-state index in [1.165, 1.54) is 23.0 Å². The van der Waals surface area contributed by atoms with Crippen molar-refractivity contribution in [1.82, 2.24) is 9.58 Å². The van der Waals surface area contributed by atoms with Gasteiger partial charge in [0, 0.05) is 23.9 Å². The maximum absolute atomic E-state index is 15.1. The first-order chi connectivity index (χ1) is 17.0. The molecule has 2 aliphatic rings. The van der Waals surface area contributed by atoms with Crippen LogP contribution in [-0.2, 0) is 0 Å². The molecular formula is C29H34FN3O4. The Kier molecular flexibility index (Phi) is 8.42. The highest BCUT2D eigenvalue weighted by atomic mass is 19.1. The number of rotatable bonds is 2. The predicted molar refractivity (Wildman–Crippen MR) is 143 cm³/mol. The van der Waals surface area contributed by atoms with Gasteiger partial charge in [-0.1, -0.05) is 76.4 Å². The van der Waals surface area contributed by atoms with Crippen molar-refractivity contribution in [1.29, 1.82) is 0 Å². The number of fused-ring (bicyclic) bond motifs is 5. The van der Waals surface area contributed by atoms with Gasteiger partial charge in [-0.25, -0.2) is 4.39 Å². The van der Waals surface area contributed by atoms with E-state index < -0.39 is 28.9 Å². The van der Waals surface area contributed by atoms with Crippen LogP contribution < -0.4 is 15.2 Å². The minimum Gasteiger partial charge on any atom is -0.502 e. The van der Waals surface area contributed by atoms with E-state index >= 15 is 4.39 Å². The Balaban J connectivity index is 0.00000190. The molecule has 1 amide bonds. The second-order valence-electron chi connectivity index (χ2n) is 8.63. The maximum Gasteiger partial charge on any atom is 0.278 e. The van der Waals surface area contributed by atoms with Gasteiger partial charge in [0.2, 0.25) is 5.43 Å². The fourth-order valence-corrected chi connectivity index (χ4v) is 4.85. The molecule has 0 spiro atoms. The summed E-state index contributed by atoms with van der Waals surface area (Å²) in [5.41, 5.74) is 0.660. The first-order valence-electron chi connectivity index (χ1n) is 11.6. The number of nitrogens with zero attached hydrogens (tertiary/aromatic N) is 3. The van der Waals surface area contributed by atoms with Gasteiger partial charge < -0.3 is 14.7 Å². The monoisotopic (exact) mass is 507 g/mol. The Morgan fingerprint density at radius 2 is 1.78 bits per heavy atom. The molecule has 3 aromatic rings. The lowest BCUT2D eigenvalue weighted by molar-refractivity contribution is 0.0584. The average Bonchev–Trinajstić information content (AvgIpc) is 2.86. The highest BCUT2D eigenvalue weighted by Gasteiger charge is 2.39. The lowest BCUT2D eigenvalue weighted by Gasteiger charge is -2.46. The van der Waals surface area contributed by atoms with Crippen molar-refractivity contribution in [3.63, 3.8) is 0 Å². The highest BCUT2D eigenvalue weighted by Crippen LogP contribution is 2.38. The molecule has 0 saturated heterocycles. The molecule has 2 aromatic carbocycles. The van der Waals surface area contributed by atoms with Crippen molar-refractivity contribution < 1.29 is 19.0 Å². The Hall–Kier alpha value is -4.07. The second kappa shape index (κ2) is 11.3. The van der Waals surface area contributed by atoms with Crippen LogP contribution in [0.2, 0.25) is 0 Å². The second-order valence-corrected chi connectivity index (χ2v) is 8.63. The molecule has 1 aromatic heterocycles. The van der Waals surface area contributed by atoms with Crippen molar-refractivity contribution >= 4 is 5.91 Å². The molecular weight excluding hydrogens is 473 g/mol. The Morgan fingerprint density at radius 1 is 1.03 bits per heavy atom. The zero-order valence-corrected chi connectivity index (χ0v) is 19.3. The van der Waals surface area contributed by atoms with Gasteiger partial charge in [-0.3, -0.25) is 19.3 Å². The van der Waals surface area contributed by atoms with Gasteiger partial charge >= 0.3 is 0 Å². The summed E-state index contributed by atoms with van der Waals surface area (Å²) < 4.78 is 22.5. The molecule has 196 valence electrons. The van der Waals surface area contributed by atoms with Crippen LogP contribution >= 0.6 is 0 Å². The van der Waals surface area contributed by atoms with E-state index in [1.807, 2.05) is 54.4 Å². The number of aromatic nitrogens is 1. The van der Waals surface area contributed by atoms with E-state index in [1.54, 1.807) is 17.0 Å². The zero-order chi connectivity index (χ0) is 24.5. The molecule has 0 fully saturated rings. The highest BCUT2D eigenvalue weighted by molar-refractivity contribution is 5.96. The molecule has 2 atom stereocenters. The van der Waals surface area contributed by atoms with Crippen LogP contribution in [0.1, 0.15) is 62.3 Å². The number of halogens is 1. The van der Waals surface area contributed by atoms with Crippen LogP contribution in [0.5, 0.6) is 11.5 Å². The number of carbonyl (C=O) groups excluding carboxylic acids is 1. The number of benzene rings is 2. The molecule has 2 aliphatic heterocycles. The van der Waals surface area contributed by atoms with E-state index in [4.69, 9.17) is 4.74 Å². The van der Waals surface area contributed by atoms with Crippen LogP contribution in [0.15, 0.2) is 77.7 Å². The molecule has 2 bridgehead atoms. The smallest absolute Gasteiger partial charge is 0.278 e. The Bertz CT molecular complexity index is 1340. The number of para-hydroxylation sites is 1.